The molecule has 4 N–H and O–H groups in total. The maximum atomic E-state index is 10.4. The summed E-state index contributed by atoms with van der Waals surface area (Å²) in [6.07, 6.45) is 0.109. The zero-order valence-corrected chi connectivity index (χ0v) is 7.37. The Kier molecular flexibility index (Phi) is 6.18. The molecular weight excluding hydrogens is 181 g/mol. The summed E-state index contributed by atoms with van der Waals surface area (Å²) in [5.74, 6) is -0.811. The van der Waals surface area contributed by atoms with E-state index in [0.29, 0.717) is 0 Å². The van der Waals surface area contributed by atoms with Crippen molar-refractivity contribution in [2.24, 2.45) is 0 Å². The van der Waals surface area contributed by atoms with E-state index < -0.39 is 19.1 Å². The van der Waals surface area contributed by atoms with Gasteiger partial charge in [-0.3, -0.25) is 4.79 Å². The number of carboxylic acids is 1. The van der Waals surface area contributed by atoms with Crippen LogP contribution < -0.4 is 5.32 Å². The molecule has 0 aromatic heterocycles. The van der Waals surface area contributed by atoms with E-state index in [1.165, 1.54) is 0 Å². The third kappa shape index (κ3) is 5.42. The van der Waals surface area contributed by atoms with Gasteiger partial charge in [-0.05, 0) is 12.9 Å². The lowest BCUT2D eigenvalue weighted by Crippen LogP contribution is -2.39. The number of carboxylic acid groups (broad SMARTS) is 1. The molecule has 5 nitrogen and oxygen atoms in total. The molecule has 1 atom stereocenters. The van der Waals surface area contributed by atoms with Crippen molar-refractivity contribution in [2.75, 3.05) is 12.3 Å². The Bertz CT molecular complexity index is 145. The minimum Gasteiger partial charge on any atom is -0.480 e. The Labute approximate surface area is 76.3 Å². The second-order valence-electron chi connectivity index (χ2n) is 2.30. The summed E-state index contributed by atoms with van der Waals surface area (Å²) >= 11 is 3.81. The smallest absolute Gasteiger partial charge is 0.452 e. The average Bonchev–Trinajstić information content (AvgIpc) is 1.96. The van der Waals surface area contributed by atoms with Crippen LogP contribution in [-0.2, 0) is 4.79 Å². The molecule has 0 aliphatic carbocycles. The Morgan fingerprint density at radius 1 is 1.58 bits per heavy atom. The van der Waals surface area contributed by atoms with Crippen LogP contribution in [0.25, 0.3) is 0 Å². The van der Waals surface area contributed by atoms with Gasteiger partial charge in [0.1, 0.15) is 6.04 Å². The van der Waals surface area contributed by atoms with E-state index in [-0.39, 0.29) is 18.6 Å². The third-order valence-corrected chi connectivity index (χ3v) is 1.64. The Balaban J connectivity index is 3.52. The van der Waals surface area contributed by atoms with E-state index in [1.807, 2.05) is 0 Å². The molecule has 0 unspecified atom stereocenters. The molecule has 0 radical (unpaired) electrons. The van der Waals surface area contributed by atoms with Crippen LogP contribution in [0.4, 0.5) is 0 Å². The first kappa shape index (κ1) is 11.8. The van der Waals surface area contributed by atoms with Crippen LogP contribution in [0.15, 0.2) is 0 Å². The first-order valence-corrected chi connectivity index (χ1v) is 4.14. The van der Waals surface area contributed by atoms with Gasteiger partial charge >= 0.3 is 13.1 Å². The van der Waals surface area contributed by atoms with Crippen LogP contribution in [0.5, 0.6) is 0 Å². The van der Waals surface area contributed by atoms with Gasteiger partial charge in [-0.1, -0.05) is 0 Å². The molecular formula is C5H12BNO4S. The van der Waals surface area contributed by atoms with E-state index in [9.17, 15) is 4.79 Å². The molecule has 0 rings (SSSR count). The van der Waals surface area contributed by atoms with E-state index in [1.54, 1.807) is 0 Å². The highest BCUT2D eigenvalue weighted by molar-refractivity contribution is 7.80. The average molecular weight is 193 g/mol. The van der Waals surface area contributed by atoms with Gasteiger partial charge in [0, 0.05) is 5.75 Å². The van der Waals surface area contributed by atoms with Crippen LogP contribution in [0, 0.1) is 0 Å². The number of nitrogens with one attached hydrogen (secondary N) is 1. The number of hydrogen-bond acceptors (Lipinski definition) is 5. The molecule has 0 aromatic carbocycles. The van der Waals surface area contributed by atoms with E-state index in [2.05, 4.69) is 17.9 Å². The fourth-order valence-electron chi connectivity index (χ4n) is 0.617. The largest absolute Gasteiger partial charge is 0.480 e. The summed E-state index contributed by atoms with van der Waals surface area (Å²) in [5.41, 5.74) is 0. The Morgan fingerprint density at radius 3 is 2.50 bits per heavy atom. The molecule has 0 heterocycles. The number of thiol groups is 1. The zero-order chi connectivity index (χ0) is 9.56. The van der Waals surface area contributed by atoms with Crippen molar-refractivity contribution in [3.63, 3.8) is 0 Å². The maximum Gasteiger partial charge on any atom is 0.452 e. The van der Waals surface area contributed by atoms with Crippen molar-refractivity contribution < 1.29 is 19.9 Å². The summed E-state index contributed by atoms with van der Waals surface area (Å²) < 4.78 is 0. The highest BCUT2D eigenvalue weighted by Crippen LogP contribution is 1.89. The molecule has 0 saturated heterocycles. The van der Waals surface area contributed by atoms with Crippen LogP contribution in [0.1, 0.15) is 0 Å². The maximum absolute atomic E-state index is 10.4. The molecule has 0 aliphatic rings. The third-order valence-electron chi connectivity index (χ3n) is 1.27. The minimum absolute atomic E-state index is 0.109. The number of aliphatic carboxylic acids is 1. The number of rotatable bonds is 6. The van der Waals surface area contributed by atoms with Crippen molar-refractivity contribution in [1.82, 2.24) is 5.32 Å². The Morgan fingerprint density at radius 2 is 2.17 bits per heavy atom. The van der Waals surface area contributed by atoms with E-state index in [4.69, 9.17) is 15.2 Å². The molecule has 7 heteroatoms. The van der Waals surface area contributed by atoms with Crippen molar-refractivity contribution in [1.29, 1.82) is 0 Å². The van der Waals surface area contributed by atoms with E-state index in [0.717, 1.165) is 0 Å². The van der Waals surface area contributed by atoms with Crippen LogP contribution in [0.2, 0.25) is 6.32 Å². The highest BCUT2D eigenvalue weighted by atomic mass is 32.1. The summed E-state index contributed by atoms with van der Waals surface area (Å²) in [6, 6.07) is -0.730. The summed E-state index contributed by atoms with van der Waals surface area (Å²) in [6.45, 7) is 0.245. The van der Waals surface area contributed by atoms with Crippen LogP contribution in [-0.4, -0.2) is 46.6 Å². The molecule has 0 fully saturated rings. The van der Waals surface area contributed by atoms with Crippen molar-refractivity contribution in [3.05, 3.63) is 0 Å². The highest BCUT2D eigenvalue weighted by Gasteiger charge is 2.15. The second kappa shape index (κ2) is 6.30. The fraction of sp³-hybridized carbons (Fsp3) is 0.800. The summed E-state index contributed by atoms with van der Waals surface area (Å²) in [4.78, 5) is 10.4. The molecule has 0 spiro atoms. The predicted molar refractivity (Wildman–Crippen MR) is 48.3 cm³/mol. The lowest BCUT2D eigenvalue weighted by atomic mass is 9.86. The quantitative estimate of drug-likeness (QED) is 0.260. The Hall–Kier alpha value is -0.235. The van der Waals surface area contributed by atoms with Crippen molar-refractivity contribution in [2.45, 2.75) is 12.4 Å². The van der Waals surface area contributed by atoms with Crippen LogP contribution >= 0.6 is 12.6 Å². The van der Waals surface area contributed by atoms with Gasteiger partial charge in [-0.25, -0.2) is 0 Å². The molecule has 0 amide bonds. The van der Waals surface area contributed by atoms with Gasteiger partial charge in [0.2, 0.25) is 0 Å². The number of carbonyl (C=O) groups is 1. The van der Waals surface area contributed by atoms with E-state index >= 15 is 0 Å². The molecule has 70 valence electrons. The van der Waals surface area contributed by atoms with Gasteiger partial charge < -0.3 is 20.5 Å². The van der Waals surface area contributed by atoms with Crippen LogP contribution in [0.3, 0.4) is 0 Å². The first-order chi connectivity index (χ1) is 5.57. The monoisotopic (exact) mass is 193 g/mol. The summed E-state index contributed by atoms with van der Waals surface area (Å²) in [5, 5.41) is 28.0. The lowest BCUT2D eigenvalue weighted by Gasteiger charge is -2.10. The van der Waals surface area contributed by atoms with Crippen molar-refractivity contribution in [3.8, 4) is 0 Å². The second-order valence-corrected chi connectivity index (χ2v) is 2.66. The fourth-order valence-corrected chi connectivity index (χ4v) is 0.902. The normalized spacial score (nSPS) is 12.6. The van der Waals surface area contributed by atoms with Gasteiger partial charge in [0.25, 0.3) is 0 Å². The van der Waals surface area contributed by atoms with Gasteiger partial charge in [-0.15, -0.1) is 0 Å². The first-order valence-electron chi connectivity index (χ1n) is 3.51. The molecule has 0 saturated carbocycles. The predicted octanol–water partition coefficient (Wildman–Crippen LogP) is -1.57. The SMILES string of the molecule is O=C(O)[C@@H](CS)NCCB(O)O. The minimum atomic E-state index is -1.40. The standard InChI is InChI=1S/C5H12BNO4S/c8-5(9)4(3-12)7-2-1-6(10)11/h4,7,10-12H,1-3H2,(H,8,9)/t4-/m1/s1. The van der Waals surface area contributed by atoms with Crippen molar-refractivity contribution >= 4 is 25.7 Å². The summed E-state index contributed by atoms with van der Waals surface area (Å²) in [7, 11) is -1.40. The lowest BCUT2D eigenvalue weighted by molar-refractivity contribution is -0.138. The van der Waals surface area contributed by atoms with Gasteiger partial charge in [0.05, 0.1) is 0 Å². The van der Waals surface area contributed by atoms with Gasteiger partial charge in [-0.2, -0.15) is 12.6 Å². The molecule has 12 heavy (non-hydrogen) atoms. The molecule has 0 bridgehead atoms. The topological polar surface area (TPSA) is 89.8 Å². The number of hydrogen-bond donors (Lipinski definition) is 5. The zero-order valence-electron chi connectivity index (χ0n) is 6.47. The molecule has 0 aromatic rings. The van der Waals surface area contributed by atoms with Gasteiger partial charge in [0.15, 0.2) is 0 Å². The molecule has 0 aliphatic heterocycles.